The first kappa shape index (κ1) is 30.3. The van der Waals surface area contributed by atoms with Crippen LogP contribution in [0.25, 0.3) is 52.5 Å². The molecule has 0 saturated heterocycles. The van der Waals surface area contributed by atoms with Crippen molar-refractivity contribution in [2.75, 3.05) is 11.5 Å². The summed E-state index contributed by atoms with van der Waals surface area (Å²) >= 11 is 8.05. The van der Waals surface area contributed by atoms with Crippen molar-refractivity contribution in [2.24, 2.45) is 0 Å². The Balaban J connectivity index is 1.21. The van der Waals surface area contributed by atoms with Crippen molar-refractivity contribution in [1.82, 2.24) is 0 Å². The summed E-state index contributed by atoms with van der Waals surface area (Å²) < 4.78 is 5.77. The lowest BCUT2D eigenvalue weighted by molar-refractivity contribution is 0.627. The fourth-order valence-electron chi connectivity index (χ4n) is 6.28. The van der Waals surface area contributed by atoms with Gasteiger partial charge in [0.15, 0.2) is 0 Å². The van der Waals surface area contributed by atoms with E-state index in [1.54, 1.807) is 0 Å². The predicted octanol–water partition coefficient (Wildman–Crippen LogP) is 14.5. The van der Waals surface area contributed by atoms with Crippen LogP contribution >= 0.6 is 46.2 Å². The molecule has 0 N–H and O–H groups in total. The number of rotatable bonds is 16. The third-order valence-electron chi connectivity index (χ3n) is 8.63. The summed E-state index contributed by atoms with van der Waals surface area (Å²) in [7, 11) is 0. The van der Waals surface area contributed by atoms with E-state index in [-0.39, 0.29) is 0 Å². The van der Waals surface area contributed by atoms with Gasteiger partial charge in [0.1, 0.15) is 0 Å². The summed E-state index contributed by atoms with van der Waals surface area (Å²) in [6, 6.07) is 23.9. The van der Waals surface area contributed by atoms with E-state index in [0.717, 1.165) is 0 Å². The van der Waals surface area contributed by atoms with Crippen molar-refractivity contribution < 1.29 is 0 Å². The van der Waals surface area contributed by atoms with Gasteiger partial charge in [-0.15, -0.1) is 46.2 Å². The zero-order valence-electron chi connectivity index (χ0n) is 25.3. The Hall–Kier alpha value is -1.72. The molecule has 0 aliphatic heterocycles. The Morgan fingerprint density at radius 3 is 1.14 bits per heavy atom. The molecule has 2 aromatic heterocycles. The maximum absolute atomic E-state index is 2.45. The zero-order chi connectivity index (χ0) is 28.7. The Labute approximate surface area is 268 Å². The molecule has 6 aromatic rings. The molecule has 2 heterocycles. The van der Waals surface area contributed by atoms with E-state index in [9.17, 15) is 0 Å². The molecule has 4 heteroatoms. The summed E-state index contributed by atoms with van der Waals surface area (Å²) in [4.78, 5) is 0. The SMILES string of the molecule is CCCCCCCCSc1cc2c(ccc3c2ccc2c4ccc5sc(SCCCCCCCC)cc5c4ccc32)s1. The zero-order valence-corrected chi connectivity index (χ0v) is 28.6. The highest BCUT2D eigenvalue weighted by Crippen LogP contribution is 2.42. The van der Waals surface area contributed by atoms with Crippen LogP contribution in [0.4, 0.5) is 0 Å². The van der Waals surface area contributed by atoms with Gasteiger partial charge >= 0.3 is 0 Å². The van der Waals surface area contributed by atoms with Gasteiger partial charge in [0, 0.05) is 20.2 Å². The summed E-state index contributed by atoms with van der Waals surface area (Å²) in [6.07, 6.45) is 16.4. The smallest absolute Gasteiger partial charge is 0.0611 e. The van der Waals surface area contributed by atoms with Crippen molar-refractivity contribution in [3.05, 3.63) is 60.7 Å². The van der Waals surface area contributed by atoms with E-state index in [4.69, 9.17) is 0 Å². The van der Waals surface area contributed by atoms with Crippen molar-refractivity contribution in [2.45, 2.75) is 99.3 Å². The lowest BCUT2D eigenvalue weighted by Gasteiger charge is -2.09. The van der Waals surface area contributed by atoms with Gasteiger partial charge in [-0.3, -0.25) is 0 Å². The minimum atomic E-state index is 1.24. The molecule has 4 aromatic carbocycles. The van der Waals surface area contributed by atoms with Crippen molar-refractivity contribution in [3.8, 4) is 0 Å². The average molecular weight is 629 g/mol. The molecule has 220 valence electrons. The van der Waals surface area contributed by atoms with Crippen LogP contribution in [0.5, 0.6) is 0 Å². The van der Waals surface area contributed by atoms with Crippen LogP contribution in [0.1, 0.15) is 90.9 Å². The first-order chi connectivity index (χ1) is 20.8. The fraction of sp³-hybridized carbons (Fsp3) is 0.421. The van der Waals surface area contributed by atoms with Gasteiger partial charge in [-0.25, -0.2) is 0 Å². The molecule has 6 rings (SSSR count). The van der Waals surface area contributed by atoms with Crippen LogP contribution in [0.15, 0.2) is 69.1 Å². The molecule has 42 heavy (non-hydrogen) atoms. The van der Waals surface area contributed by atoms with Gasteiger partial charge < -0.3 is 0 Å². The highest BCUT2D eigenvalue weighted by Gasteiger charge is 2.13. The first-order valence-electron chi connectivity index (χ1n) is 16.3. The van der Waals surface area contributed by atoms with Crippen molar-refractivity contribution >= 4 is 98.7 Å². The van der Waals surface area contributed by atoms with Crippen LogP contribution in [-0.4, -0.2) is 11.5 Å². The van der Waals surface area contributed by atoms with Crippen molar-refractivity contribution in [1.29, 1.82) is 0 Å². The van der Waals surface area contributed by atoms with Gasteiger partial charge in [-0.2, -0.15) is 0 Å². The van der Waals surface area contributed by atoms with E-state index < -0.39 is 0 Å². The molecule has 0 unspecified atom stereocenters. The molecule has 0 spiro atoms. The molecule has 0 bridgehead atoms. The lowest BCUT2D eigenvalue weighted by atomic mass is 9.95. The highest BCUT2D eigenvalue weighted by molar-refractivity contribution is 8.01. The van der Waals surface area contributed by atoms with Gasteiger partial charge in [0.05, 0.1) is 8.42 Å². The monoisotopic (exact) mass is 628 g/mol. The first-order valence-corrected chi connectivity index (χ1v) is 19.9. The van der Waals surface area contributed by atoms with Gasteiger partial charge in [-0.1, -0.05) is 114 Å². The number of thiophene rings is 2. The molecule has 0 aliphatic rings. The van der Waals surface area contributed by atoms with Crippen LogP contribution in [0, 0.1) is 0 Å². The van der Waals surface area contributed by atoms with Crippen LogP contribution in [0.2, 0.25) is 0 Å². The summed E-state index contributed by atoms with van der Waals surface area (Å²) in [5.74, 6) is 2.48. The fourth-order valence-corrected chi connectivity index (χ4v) is 10.9. The van der Waals surface area contributed by atoms with Gasteiger partial charge in [-0.05, 0) is 80.9 Å². The second kappa shape index (κ2) is 14.8. The second-order valence-corrected chi connectivity index (χ2v) is 16.7. The molecule has 0 amide bonds. The molecular formula is C38H44S4. The average Bonchev–Trinajstić information content (AvgIpc) is 3.63. The number of thioether (sulfide) groups is 2. The lowest BCUT2D eigenvalue weighted by Crippen LogP contribution is -1.82. The number of hydrogen-bond acceptors (Lipinski definition) is 4. The van der Waals surface area contributed by atoms with Gasteiger partial charge in [0.2, 0.25) is 0 Å². The molecule has 0 aliphatic carbocycles. The van der Waals surface area contributed by atoms with E-state index in [2.05, 4.69) is 98.0 Å². The predicted molar refractivity (Wildman–Crippen MR) is 198 cm³/mol. The van der Waals surface area contributed by atoms with Crippen LogP contribution in [-0.2, 0) is 0 Å². The maximum atomic E-state index is 2.45. The minimum Gasteiger partial charge on any atom is -0.129 e. The van der Waals surface area contributed by atoms with Crippen LogP contribution < -0.4 is 0 Å². The Bertz CT molecular complexity index is 1640. The normalized spacial score (nSPS) is 12.1. The van der Waals surface area contributed by atoms with Crippen molar-refractivity contribution in [3.63, 3.8) is 0 Å². The molecular weight excluding hydrogens is 585 g/mol. The number of fused-ring (bicyclic) bond motifs is 9. The van der Waals surface area contributed by atoms with E-state index in [1.807, 2.05) is 22.7 Å². The number of benzene rings is 4. The van der Waals surface area contributed by atoms with E-state index in [0.29, 0.717) is 0 Å². The van der Waals surface area contributed by atoms with E-state index >= 15 is 0 Å². The minimum absolute atomic E-state index is 1.24. The summed E-state index contributed by atoms with van der Waals surface area (Å²) in [6.45, 7) is 4.58. The van der Waals surface area contributed by atoms with E-state index in [1.165, 1.54) is 149 Å². The van der Waals surface area contributed by atoms with Crippen LogP contribution in [0.3, 0.4) is 0 Å². The molecule has 0 nitrogen and oxygen atoms in total. The molecule has 0 saturated carbocycles. The van der Waals surface area contributed by atoms with Gasteiger partial charge in [0.25, 0.3) is 0 Å². The molecule has 0 radical (unpaired) electrons. The third kappa shape index (κ3) is 6.83. The second-order valence-electron chi connectivity index (χ2n) is 11.7. The largest absolute Gasteiger partial charge is 0.129 e. The number of unbranched alkanes of at least 4 members (excludes halogenated alkanes) is 10. The third-order valence-corrected chi connectivity index (χ3v) is 13.4. The Morgan fingerprint density at radius 1 is 0.405 bits per heavy atom. The molecule has 0 fully saturated rings. The topological polar surface area (TPSA) is 0 Å². The Kier molecular flexibility index (Phi) is 10.7. The number of hydrogen-bond donors (Lipinski definition) is 0. The summed E-state index contributed by atoms with van der Waals surface area (Å²) in [5.41, 5.74) is 0. The molecule has 0 atom stereocenters. The quantitative estimate of drug-likeness (QED) is 0.0594. The highest BCUT2D eigenvalue weighted by atomic mass is 32.2. The summed E-state index contributed by atoms with van der Waals surface area (Å²) in [5, 5.41) is 11.2. The standard InChI is InChI=1S/C38H44S4/c1-3-5-7-9-11-13-23-39-37-25-33-31-17-15-28-27(29(31)19-21-35(33)41-37)16-18-32-30(28)20-22-36-34(32)26-38(42-36)40-24-14-12-10-8-6-4-2/h15-22,25-26H,3-14,23-24H2,1-2H3. The maximum Gasteiger partial charge on any atom is 0.0611 e. The Morgan fingerprint density at radius 2 is 0.738 bits per heavy atom.